The summed E-state index contributed by atoms with van der Waals surface area (Å²) in [6.45, 7) is 0. The van der Waals surface area contributed by atoms with Gasteiger partial charge in [0.15, 0.2) is 15.8 Å². The van der Waals surface area contributed by atoms with Crippen LogP contribution in [0.25, 0.3) is 15.9 Å². The van der Waals surface area contributed by atoms with Crippen LogP contribution in [0.3, 0.4) is 0 Å². The van der Waals surface area contributed by atoms with E-state index in [4.69, 9.17) is 15.5 Å². The molecule has 0 unspecified atom stereocenters. The molecular weight excluding hydrogens is 316 g/mol. The quantitative estimate of drug-likeness (QED) is 0.240. The molecule has 0 aliphatic carbocycles. The zero-order valence-electron chi connectivity index (χ0n) is 10.5. The molecule has 0 bridgehead atoms. The predicted molar refractivity (Wildman–Crippen MR) is 70.0 cm³/mol. The van der Waals surface area contributed by atoms with Gasteiger partial charge in [0.2, 0.25) is 5.43 Å². The van der Waals surface area contributed by atoms with Gasteiger partial charge in [0.05, 0.1) is 4.90 Å². The van der Waals surface area contributed by atoms with Gasteiger partial charge in [0, 0.05) is 10.8 Å². The molecule has 0 amide bonds. The van der Waals surface area contributed by atoms with E-state index in [9.17, 15) is 18.0 Å². The highest BCUT2D eigenvalue weighted by atomic mass is 32.2. The Morgan fingerprint density at radius 1 is 1.14 bits per heavy atom. The molecule has 0 heterocycles. The van der Waals surface area contributed by atoms with Gasteiger partial charge in [0.25, 0.3) is 20.9 Å². The fourth-order valence-electron chi connectivity index (χ4n) is 1.83. The molecular formula is C10H5N6O5S+. The highest BCUT2D eigenvalue weighted by Gasteiger charge is 2.17. The van der Waals surface area contributed by atoms with Gasteiger partial charge in [-0.1, -0.05) is 11.3 Å². The maximum Gasteiger partial charge on any atom is 0.339 e. The lowest BCUT2D eigenvalue weighted by molar-refractivity contribution is 0.483. The van der Waals surface area contributed by atoms with Crippen LogP contribution in [0.2, 0.25) is 0 Å². The monoisotopic (exact) mass is 321 g/mol. The minimum Gasteiger partial charge on any atom is -0.285 e. The summed E-state index contributed by atoms with van der Waals surface area (Å²) in [6, 6.07) is 2.82. The highest BCUT2D eigenvalue weighted by molar-refractivity contribution is 7.85. The van der Waals surface area contributed by atoms with E-state index < -0.39 is 31.2 Å². The minimum atomic E-state index is -4.59. The van der Waals surface area contributed by atoms with Crippen molar-refractivity contribution in [2.24, 2.45) is 15.4 Å². The maximum atomic E-state index is 12.0. The minimum absolute atomic E-state index is 0.0581. The van der Waals surface area contributed by atoms with Gasteiger partial charge in [-0.15, -0.1) is 5.10 Å². The second kappa shape index (κ2) is 5.31. The van der Waals surface area contributed by atoms with Crippen molar-refractivity contribution in [3.63, 3.8) is 0 Å². The summed E-state index contributed by atoms with van der Waals surface area (Å²) in [6.07, 6.45) is 0. The first kappa shape index (κ1) is 15.2. The van der Waals surface area contributed by atoms with E-state index in [1.54, 1.807) is 0 Å². The molecule has 0 saturated heterocycles. The van der Waals surface area contributed by atoms with Gasteiger partial charge >= 0.3 is 5.08 Å². The van der Waals surface area contributed by atoms with Crippen LogP contribution < -0.4 is 21.6 Å². The maximum absolute atomic E-state index is 12.0. The summed E-state index contributed by atoms with van der Waals surface area (Å²) in [7, 11) is -4.59. The molecule has 0 aliphatic rings. The number of fused-ring (bicyclic) bond motifs is 1. The first-order valence-corrected chi connectivity index (χ1v) is 6.83. The molecule has 2 aromatic carbocycles. The summed E-state index contributed by atoms with van der Waals surface area (Å²) < 4.78 is 31.1. The first-order valence-electron chi connectivity index (χ1n) is 5.39. The number of diazo groups is 1. The molecule has 2 aromatic rings. The molecule has 2 rings (SSSR count). The van der Waals surface area contributed by atoms with Crippen LogP contribution in [0.5, 0.6) is 0 Å². The van der Waals surface area contributed by atoms with E-state index in [1.165, 1.54) is 0 Å². The molecule has 110 valence electrons. The summed E-state index contributed by atoms with van der Waals surface area (Å²) >= 11 is 0. The van der Waals surface area contributed by atoms with Gasteiger partial charge < -0.3 is 0 Å². The van der Waals surface area contributed by atoms with Crippen molar-refractivity contribution < 1.29 is 13.0 Å². The van der Waals surface area contributed by atoms with Crippen molar-refractivity contribution in [2.75, 3.05) is 0 Å². The fraction of sp³-hybridized carbons (Fsp3) is 0. The first-order chi connectivity index (χ1) is 10.3. The molecule has 11 nitrogen and oxygen atoms in total. The molecule has 0 aliphatic heterocycles. The third kappa shape index (κ3) is 2.41. The molecule has 0 atom stereocenters. The second-order valence-electron chi connectivity index (χ2n) is 3.93. The average Bonchev–Trinajstić information content (AvgIpc) is 2.47. The fourth-order valence-corrected chi connectivity index (χ4v) is 2.34. The molecule has 0 fully saturated rings. The van der Waals surface area contributed by atoms with E-state index in [0.29, 0.717) is 0 Å². The molecule has 12 heteroatoms. The molecule has 0 saturated carbocycles. The van der Waals surface area contributed by atoms with E-state index in [2.05, 4.69) is 20.5 Å². The zero-order valence-corrected chi connectivity index (χ0v) is 11.3. The third-order valence-electron chi connectivity index (χ3n) is 2.73. The smallest absolute Gasteiger partial charge is 0.285 e. The Hall–Kier alpha value is -3.17. The third-order valence-corrected chi connectivity index (χ3v) is 3.58. The van der Waals surface area contributed by atoms with E-state index in [1.807, 2.05) is 0 Å². The van der Waals surface area contributed by atoms with Crippen LogP contribution in [0.15, 0.2) is 48.1 Å². The van der Waals surface area contributed by atoms with Crippen LogP contribution >= 0.6 is 0 Å². The Morgan fingerprint density at radius 3 is 2.36 bits per heavy atom. The predicted octanol–water partition coefficient (Wildman–Crippen LogP) is -0.802. The van der Waals surface area contributed by atoms with Crippen molar-refractivity contribution in [2.45, 2.75) is 4.90 Å². The van der Waals surface area contributed by atoms with Gasteiger partial charge in [-0.2, -0.15) is 13.9 Å². The van der Waals surface area contributed by atoms with Crippen molar-refractivity contribution in [3.8, 4) is 0 Å². The topological polar surface area (TPSA) is 178 Å². The lowest BCUT2D eigenvalue weighted by atomic mass is 10.1. The van der Waals surface area contributed by atoms with E-state index in [0.717, 1.165) is 18.2 Å². The van der Waals surface area contributed by atoms with Crippen LogP contribution in [0.1, 0.15) is 0 Å². The number of hydrogen-bond acceptors (Lipinski definition) is 8. The lowest BCUT2D eigenvalue weighted by Gasteiger charge is -1.99. The van der Waals surface area contributed by atoms with Crippen molar-refractivity contribution >= 4 is 20.9 Å². The van der Waals surface area contributed by atoms with Crippen molar-refractivity contribution in [1.82, 2.24) is 0 Å². The average molecular weight is 321 g/mol. The number of rotatable bonds is 2. The molecule has 0 aromatic heterocycles. The van der Waals surface area contributed by atoms with Gasteiger partial charge in [-0.25, -0.2) is 0 Å². The van der Waals surface area contributed by atoms with E-state index in [-0.39, 0.29) is 16.1 Å². The number of benzene rings is 2. The Morgan fingerprint density at radius 2 is 1.82 bits per heavy atom. The van der Waals surface area contributed by atoms with Crippen molar-refractivity contribution in [1.29, 1.82) is 10.9 Å². The van der Waals surface area contributed by atoms with Gasteiger partial charge in [-0.05, 0) is 12.1 Å². The zero-order chi connectivity index (χ0) is 16.5. The SMILES string of the molecule is N#[N+]N=c1c(=NN=N)c(=O)c(=O)c2cc(S(=O)(=O)O)ccc12. The van der Waals surface area contributed by atoms with Gasteiger partial charge in [-0.3, -0.25) is 14.1 Å². The summed E-state index contributed by atoms with van der Waals surface area (Å²) in [5.74, 6) is 0. The van der Waals surface area contributed by atoms with Crippen LogP contribution in [-0.2, 0) is 10.1 Å². The van der Waals surface area contributed by atoms with Crippen molar-refractivity contribution in [3.05, 3.63) is 54.4 Å². The molecule has 0 radical (unpaired) electrons. The number of nitrogens with one attached hydrogen (secondary N) is 1. The van der Waals surface area contributed by atoms with Crippen LogP contribution in [0.4, 0.5) is 0 Å². The Balaban J connectivity index is 3.24. The molecule has 22 heavy (non-hydrogen) atoms. The molecule has 0 spiro atoms. The van der Waals surface area contributed by atoms with Crippen LogP contribution in [0, 0.1) is 10.9 Å². The Bertz CT molecular complexity index is 1170. The largest absolute Gasteiger partial charge is 0.339 e. The summed E-state index contributed by atoms with van der Waals surface area (Å²) in [5.41, 5.74) is 4.30. The van der Waals surface area contributed by atoms with Gasteiger partial charge in [0.1, 0.15) is 0 Å². The summed E-state index contributed by atoms with van der Waals surface area (Å²) in [4.78, 5) is 23.3. The highest BCUT2D eigenvalue weighted by Crippen LogP contribution is 2.12. The van der Waals surface area contributed by atoms with Crippen LogP contribution in [-0.4, -0.2) is 13.0 Å². The van der Waals surface area contributed by atoms with E-state index >= 15 is 0 Å². The number of nitrogens with zero attached hydrogens (tertiary/aromatic N) is 5. The number of hydrogen-bond donors (Lipinski definition) is 2. The standard InChI is InChI=1S/C10H4N6O5S/c11-15-13-7-5-2-1-4(22(19,20)21)3-6(5)9(17)10(18)8(7)14-16-12/h1-3,12H/p+1. The normalized spacial score (nSPS) is 13.3. The Kier molecular flexibility index (Phi) is 3.68. The Labute approximate surface area is 120 Å². The summed E-state index contributed by atoms with van der Waals surface area (Å²) in [5, 5.41) is 18.6. The second-order valence-corrected chi connectivity index (χ2v) is 5.35. The molecule has 2 N–H and O–H groups in total. The lowest BCUT2D eigenvalue weighted by Crippen LogP contribution is -2.47.